The van der Waals surface area contributed by atoms with Gasteiger partial charge in [-0.1, -0.05) is 0 Å². The minimum absolute atomic E-state index is 0.365. The fourth-order valence-corrected chi connectivity index (χ4v) is 1.68. The number of amides is 1. The van der Waals surface area contributed by atoms with Crippen LogP contribution in [0.15, 0.2) is 0 Å². The highest BCUT2D eigenvalue weighted by Crippen LogP contribution is 2.35. The van der Waals surface area contributed by atoms with E-state index in [1.807, 2.05) is 41.5 Å². The highest BCUT2D eigenvalue weighted by atomic mass is 31.2. The first-order valence-electron chi connectivity index (χ1n) is 5.99. The quantitative estimate of drug-likeness (QED) is 0.558. The molecule has 0 fully saturated rings. The maximum absolute atomic E-state index is 12.0. The third kappa shape index (κ3) is 11.1. The van der Waals surface area contributed by atoms with Gasteiger partial charge in [-0.15, -0.1) is 0 Å². The summed E-state index contributed by atoms with van der Waals surface area (Å²) in [5.74, 6) is -0.365. The molecule has 4 N–H and O–H groups in total. The number of phosphoric ester groups is 1. The first-order valence-corrected chi connectivity index (χ1v) is 7.52. The van der Waals surface area contributed by atoms with Crippen molar-refractivity contribution in [3.8, 4) is 0 Å². The van der Waals surface area contributed by atoms with Gasteiger partial charge in [-0.3, -0.25) is 14.6 Å². The Morgan fingerprint density at radius 1 is 1.16 bits per heavy atom. The van der Waals surface area contributed by atoms with Crippen LogP contribution in [0.1, 0.15) is 41.5 Å². The molecule has 0 heterocycles. The topological polar surface area (TPSA) is 108 Å². The number of phosphoric acid groups is 1. The van der Waals surface area contributed by atoms with Gasteiger partial charge in [0.2, 0.25) is 5.91 Å². The molecule has 0 aliphatic heterocycles. The van der Waals surface area contributed by atoms with Crippen LogP contribution in [0.25, 0.3) is 0 Å². The van der Waals surface area contributed by atoms with Crippen molar-refractivity contribution < 1.29 is 23.7 Å². The van der Waals surface area contributed by atoms with Gasteiger partial charge in [0.05, 0.1) is 6.61 Å². The third-order valence-electron chi connectivity index (χ3n) is 1.83. The lowest BCUT2D eigenvalue weighted by Crippen LogP contribution is -2.56. The average molecular weight is 296 g/mol. The Bertz CT molecular complexity index is 353. The van der Waals surface area contributed by atoms with Crippen LogP contribution in [0.5, 0.6) is 0 Å². The van der Waals surface area contributed by atoms with Crippen molar-refractivity contribution in [2.24, 2.45) is 0 Å². The van der Waals surface area contributed by atoms with E-state index in [0.717, 1.165) is 0 Å². The lowest BCUT2D eigenvalue weighted by Gasteiger charge is -2.30. The molecule has 0 aliphatic rings. The predicted molar refractivity (Wildman–Crippen MR) is 72.6 cm³/mol. The third-order valence-corrected chi connectivity index (χ3v) is 2.32. The van der Waals surface area contributed by atoms with Gasteiger partial charge in [0.1, 0.15) is 6.04 Å². The second kappa shape index (κ2) is 6.33. The summed E-state index contributed by atoms with van der Waals surface area (Å²) in [6, 6.07) is -0.841. The first kappa shape index (κ1) is 18.5. The summed E-state index contributed by atoms with van der Waals surface area (Å²) in [7, 11) is -4.60. The molecule has 19 heavy (non-hydrogen) atoms. The monoisotopic (exact) mass is 296 g/mol. The molecule has 0 aromatic carbocycles. The molecule has 0 aliphatic carbocycles. The van der Waals surface area contributed by atoms with Crippen LogP contribution in [0.2, 0.25) is 0 Å². The maximum Gasteiger partial charge on any atom is 0.469 e. The smallest absolute Gasteiger partial charge is 0.350 e. The molecule has 1 atom stereocenters. The van der Waals surface area contributed by atoms with Crippen molar-refractivity contribution in [1.29, 1.82) is 0 Å². The van der Waals surface area contributed by atoms with Gasteiger partial charge in [-0.05, 0) is 41.5 Å². The van der Waals surface area contributed by atoms with Crippen LogP contribution in [-0.2, 0) is 13.9 Å². The van der Waals surface area contributed by atoms with E-state index in [2.05, 4.69) is 15.2 Å². The van der Waals surface area contributed by atoms with Gasteiger partial charge in [0, 0.05) is 11.1 Å². The molecule has 1 amide bonds. The first-order chi connectivity index (χ1) is 8.20. The van der Waals surface area contributed by atoms with E-state index < -0.39 is 31.5 Å². The van der Waals surface area contributed by atoms with Crippen molar-refractivity contribution in [2.45, 2.75) is 58.7 Å². The normalized spacial score (nSPS) is 15.2. The summed E-state index contributed by atoms with van der Waals surface area (Å²) in [5.41, 5.74) is -0.824. The zero-order valence-electron chi connectivity index (χ0n) is 12.4. The Labute approximate surface area is 114 Å². The van der Waals surface area contributed by atoms with Crippen molar-refractivity contribution in [3.05, 3.63) is 0 Å². The largest absolute Gasteiger partial charge is 0.469 e. The summed E-state index contributed by atoms with van der Waals surface area (Å²) in [4.78, 5) is 29.5. The van der Waals surface area contributed by atoms with E-state index in [1.165, 1.54) is 0 Å². The Balaban J connectivity index is 4.76. The minimum Gasteiger partial charge on any atom is -0.350 e. The molecular weight excluding hydrogens is 271 g/mol. The average Bonchev–Trinajstić information content (AvgIpc) is 2.05. The minimum atomic E-state index is -4.60. The lowest BCUT2D eigenvalue weighted by molar-refractivity contribution is -0.125. The van der Waals surface area contributed by atoms with Gasteiger partial charge in [0.25, 0.3) is 0 Å². The van der Waals surface area contributed by atoms with Crippen molar-refractivity contribution >= 4 is 13.7 Å². The molecule has 8 heteroatoms. The highest BCUT2D eigenvalue weighted by Gasteiger charge is 2.29. The van der Waals surface area contributed by atoms with Crippen molar-refractivity contribution in [3.63, 3.8) is 0 Å². The van der Waals surface area contributed by atoms with Crippen molar-refractivity contribution in [1.82, 2.24) is 10.6 Å². The Morgan fingerprint density at radius 3 is 1.95 bits per heavy atom. The van der Waals surface area contributed by atoms with Crippen LogP contribution in [-0.4, -0.2) is 39.4 Å². The summed E-state index contributed by atoms with van der Waals surface area (Å²) in [6.45, 7) is 10.6. The molecule has 0 spiro atoms. The fraction of sp³-hybridized carbons (Fsp3) is 0.909. The molecule has 0 rings (SSSR count). The highest BCUT2D eigenvalue weighted by molar-refractivity contribution is 7.46. The maximum atomic E-state index is 12.0. The molecule has 0 aromatic heterocycles. The standard InChI is InChI=1S/C11H25N2O5P/c1-10(2,3)12-8(7-18-19(15,16)17)9(14)13-11(4,5)6/h8,12H,7H2,1-6H3,(H,13,14)(H2,15,16,17)/t8-/m0/s1. The molecular formula is C11H25N2O5P. The Kier molecular flexibility index (Phi) is 6.17. The van der Waals surface area contributed by atoms with Gasteiger partial charge >= 0.3 is 7.82 Å². The van der Waals surface area contributed by atoms with Crippen molar-refractivity contribution in [2.75, 3.05) is 6.61 Å². The summed E-state index contributed by atoms with van der Waals surface area (Å²) < 4.78 is 15.1. The summed E-state index contributed by atoms with van der Waals surface area (Å²) in [6.07, 6.45) is 0. The van der Waals surface area contributed by atoms with Gasteiger partial charge in [0.15, 0.2) is 0 Å². The molecule has 0 saturated heterocycles. The number of nitrogens with one attached hydrogen (secondary N) is 2. The zero-order chi connectivity index (χ0) is 15.5. The molecule has 0 bridgehead atoms. The number of carbonyl (C=O) groups is 1. The number of hydrogen-bond donors (Lipinski definition) is 4. The van der Waals surface area contributed by atoms with Crippen LogP contribution in [0.4, 0.5) is 0 Å². The number of rotatable bonds is 5. The molecule has 7 nitrogen and oxygen atoms in total. The second-order valence-electron chi connectivity index (χ2n) is 6.47. The molecule has 0 radical (unpaired) electrons. The Morgan fingerprint density at radius 2 is 1.63 bits per heavy atom. The summed E-state index contributed by atoms with van der Waals surface area (Å²) in [5, 5.41) is 5.71. The van der Waals surface area contributed by atoms with Crippen LogP contribution >= 0.6 is 7.82 Å². The molecule has 0 aromatic rings. The second-order valence-corrected chi connectivity index (χ2v) is 7.71. The van der Waals surface area contributed by atoms with E-state index in [1.54, 1.807) is 0 Å². The van der Waals surface area contributed by atoms with E-state index in [0.29, 0.717) is 0 Å². The van der Waals surface area contributed by atoms with Gasteiger partial charge < -0.3 is 15.1 Å². The SMILES string of the molecule is CC(C)(C)NC(=O)[C@H](COP(=O)(O)O)NC(C)(C)C. The van der Waals surface area contributed by atoms with Crippen LogP contribution in [0.3, 0.4) is 0 Å². The zero-order valence-corrected chi connectivity index (χ0v) is 13.2. The molecule has 114 valence electrons. The Hall–Kier alpha value is -0.460. The van der Waals surface area contributed by atoms with E-state index >= 15 is 0 Å². The van der Waals surface area contributed by atoms with Crippen LogP contribution < -0.4 is 10.6 Å². The molecule has 0 saturated carbocycles. The molecule has 0 unspecified atom stereocenters. The van der Waals surface area contributed by atoms with Gasteiger partial charge in [-0.2, -0.15) is 0 Å². The van der Waals surface area contributed by atoms with E-state index in [9.17, 15) is 9.36 Å². The number of hydrogen-bond acceptors (Lipinski definition) is 4. The summed E-state index contributed by atoms with van der Waals surface area (Å²) >= 11 is 0. The van der Waals surface area contributed by atoms with E-state index in [-0.39, 0.29) is 5.91 Å². The van der Waals surface area contributed by atoms with E-state index in [4.69, 9.17) is 9.79 Å². The van der Waals surface area contributed by atoms with Gasteiger partial charge in [-0.25, -0.2) is 4.57 Å². The predicted octanol–water partition coefficient (Wildman–Crippen LogP) is 0.767. The van der Waals surface area contributed by atoms with Crippen LogP contribution in [0, 0.1) is 0 Å². The number of carbonyl (C=O) groups excluding carboxylic acids is 1. The lowest BCUT2D eigenvalue weighted by atomic mass is 10.1. The fourth-order valence-electron chi connectivity index (χ4n) is 1.33.